The zero-order valence-electron chi connectivity index (χ0n) is 19.0. The van der Waals surface area contributed by atoms with E-state index < -0.39 is 5.91 Å². The SMILES string of the molecule is C=C(C)C(=O)C1CCN(CCc2ccc(Oc3ccc(C(N)=O)cn3)cc2)CC1.C=CC. The van der Waals surface area contributed by atoms with Crippen LogP contribution in [0.15, 0.2) is 67.4 Å². The van der Waals surface area contributed by atoms with Gasteiger partial charge in [0.2, 0.25) is 11.8 Å². The monoisotopic (exact) mass is 435 g/mol. The molecule has 3 rings (SSSR count). The van der Waals surface area contributed by atoms with Gasteiger partial charge < -0.3 is 15.4 Å². The number of piperidine rings is 1. The predicted molar refractivity (Wildman–Crippen MR) is 128 cm³/mol. The molecule has 0 atom stereocenters. The normalized spacial score (nSPS) is 14.1. The summed E-state index contributed by atoms with van der Waals surface area (Å²) in [7, 11) is 0. The van der Waals surface area contributed by atoms with Crippen LogP contribution >= 0.6 is 0 Å². The fourth-order valence-corrected chi connectivity index (χ4v) is 3.49. The van der Waals surface area contributed by atoms with Crippen LogP contribution in [0.3, 0.4) is 0 Å². The van der Waals surface area contributed by atoms with Gasteiger partial charge in [-0.25, -0.2) is 4.98 Å². The van der Waals surface area contributed by atoms with E-state index in [2.05, 4.69) is 23.0 Å². The summed E-state index contributed by atoms with van der Waals surface area (Å²) < 4.78 is 5.70. The van der Waals surface area contributed by atoms with E-state index in [0.717, 1.165) is 38.9 Å². The lowest BCUT2D eigenvalue weighted by molar-refractivity contribution is -0.120. The zero-order valence-corrected chi connectivity index (χ0v) is 19.0. The summed E-state index contributed by atoms with van der Waals surface area (Å²) in [6.07, 6.45) is 5.93. The van der Waals surface area contributed by atoms with Crippen molar-refractivity contribution in [1.82, 2.24) is 9.88 Å². The Morgan fingerprint density at radius 1 is 1.19 bits per heavy atom. The number of aromatic nitrogens is 1. The highest BCUT2D eigenvalue weighted by Gasteiger charge is 2.24. The van der Waals surface area contributed by atoms with Crippen molar-refractivity contribution in [2.75, 3.05) is 19.6 Å². The molecule has 0 radical (unpaired) electrons. The van der Waals surface area contributed by atoms with Crippen molar-refractivity contribution in [3.05, 3.63) is 78.5 Å². The maximum Gasteiger partial charge on any atom is 0.250 e. The number of allylic oxidation sites excluding steroid dienone is 2. The van der Waals surface area contributed by atoms with Crippen LogP contribution in [-0.2, 0) is 11.2 Å². The second-order valence-electron chi connectivity index (χ2n) is 7.91. The third-order valence-corrected chi connectivity index (χ3v) is 5.26. The second-order valence-corrected chi connectivity index (χ2v) is 7.91. The van der Waals surface area contributed by atoms with Crippen LogP contribution in [-0.4, -0.2) is 41.2 Å². The largest absolute Gasteiger partial charge is 0.439 e. The number of Topliss-reactive ketones (excluding diaryl/α,β-unsaturated/α-hetero) is 1. The highest BCUT2D eigenvalue weighted by atomic mass is 16.5. The molecule has 2 aromatic rings. The molecule has 1 saturated heterocycles. The molecule has 1 aromatic heterocycles. The number of likely N-dealkylation sites (tertiary alicyclic amines) is 1. The third kappa shape index (κ3) is 7.78. The molecule has 1 aliphatic heterocycles. The first-order chi connectivity index (χ1) is 15.3. The molecule has 6 nitrogen and oxygen atoms in total. The molecule has 0 unspecified atom stereocenters. The van der Waals surface area contributed by atoms with Gasteiger partial charge in [0.1, 0.15) is 5.75 Å². The molecule has 1 aliphatic rings. The summed E-state index contributed by atoms with van der Waals surface area (Å²) in [5.74, 6) is 0.951. The molecule has 2 heterocycles. The Hall–Kier alpha value is -3.25. The lowest BCUT2D eigenvalue weighted by Crippen LogP contribution is -2.37. The smallest absolute Gasteiger partial charge is 0.250 e. The molecular formula is C26H33N3O3. The Morgan fingerprint density at radius 2 is 1.81 bits per heavy atom. The average molecular weight is 436 g/mol. The summed E-state index contributed by atoms with van der Waals surface area (Å²) in [5.41, 5.74) is 7.46. The molecule has 0 aliphatic carbocycles. The Kier molecular flexibility index (Phi) is 9.82. The highest BCUT2D eigenvalue weighted by Crippen LogP contribution is 2.22. The first-order valence-electron chi connectivity index (χ1n) is 10.9. The van der Waals surface area contributed by atoms with Gasteiger partial charge in [-0.05, 0) is 75.5 Å². The van der Waals surface area contributed by atoms with Crippen molar-refractivity contribution < 1.29 is 14.3 Å². The van der Waals surface area contributed by atoms with Gasteiger partial charge in [0.05, 0.1) is 5.56 Å². The van der Waals surface area contributed by atoms with Gasteiger partial charge in [-0.2, -0.15) is 0 Å². The van der Waals surface area contributed by atoms with E-state index in [1.165, 1.54) is 11.8 Å². The van der Waals surface area contributed by atoms with Gasteiger partial charge >= 0.3 is 0 Å². The number of carbonyl (C=O) groups is 2. The van der Waals surface area contributed by atoms with E-state index in [9.17, 15) is 9.59 Å². The number of ketones is 1. The fraction of sp³-hybridized carbons (Fsp3) is 0.346. The number of nitrogens with zero attached hydrogens (tertiary/aromatic N) is 2. The Balaban J connectivity index is 0.00000114. The van der Waals surface area contributed by atoms with Crippen LogP contribution in [0.2, 0.25) is 0 Å². The van der Waals surface area contributed by atoms with Crippen molar-refractivity contribution >= 4 is 11.7 Å². The van der Waals surface area contributed by atoms with Gasteiger partial charge in [-0.3, -0.25) is 9.59 Å². The lowest BCUT2D eigenvalue weighted by Gasteiger charge is -2.31. The first kappa shape index (κ1) is 25.0. The minimum atomic E-state index is -0.514. The fourth-order valence-electron chi connectivity index (χ4n) is 3.49. The average Bonchev–Trinajstić information content (AvgIpc) is 2.79. The molecule has 1 aromatic carbocycles. The summed E-state index contributed by atoms with van der Waals surface area (Å²) in [6.45, 7) is 13.7. The number of hydrogen-bond acceptors (Lipinski definition) is 5. The number of nitrogens with two attached hydrogens (primary N) is 1. The summed E-state index contributed by atoms with van der Waals surface area (Å²) in [6, 6.07) is 11.1. The van der Waals surface area contributed by atoms with Crippen molar-refractivity contribution in [2.24, 2.45) is 11.7 Å². The molecule has 2 N–H and O–H groups in total. The molecule has 0 saturated carbocycles. The Bertz CT molecular complexity index is 912. The topological polar surface area (TPSA) is 85.5 Å². The quantitative estimate of drug-likeness (QED) is 0.485. The van der Waals surface area contributed by atoms with E-state index in [1.54, 1.807) is 25.1 Å². The van der Waals surface area contributed by atoms with Crippen LogP contribution in [0.5, 0.6) is 11.6 Å². The van der Waals surface area contributed by atoms with Gasteiger partial charge in [-0.15, -0.1) is 6.58 Å². The number of rotatable bonds is 8. The lowest BCUT2D eigenvalue weighted by atomic mass is 9.89. The standard InChI is InChI=1S/C23H27N3O3.C3H6/c1-16(2)22(27)18-10-13-26(14-11-18)12-9-17-3-6-20(7-4-17)29-21-8-5-19(15-25-21)23(24)28;1-3-2/h3-8,15,18H,1,9-14H2,2H3,(H2,24,28);3H,1H2,2H3. The molecular weight excluding hydrogens is 402 g/mol. The van der Waals surface area contributed by atoms with Crippen LogP contribution in [0.25, 0.3) is 0 Å². The third-order valence-electron chi connectivity index (χ3n) is 5.26. The number of amides is 1. The number of benzene rings is 1. The van der Waals surface area contributed by atoms with E-state index in [4.69, 9.17) is 10.5 Å². The van der Waals surface area contributed by atoms with Gasteiger partial charge in [0.15, 0.2) is 5.78 Å². The van der Waals surface area contributed by atoms with Crippen molar-refractivity contribution in [1.29, 1.82) is 0 Å². The number of pyridine rings is 1. The molecule has 32 heavy (non-hydrogen) atoms. The van der Waals surface area contributed by atoms with E-state index >= 15 is 0 Å². The molecule has 1 amide bonds. The summed E-state index contributed by atoms with van der Waals surface area (Å²) in [4.78, 5) is 29.6. The number of carbonyl (C=O) groups excluding carboxylic acids is 2. The Morgan fingerprint density at radius 3 is 2.31 bits per heavy atom. The van der Waals surface area contributed by atoms with E-state index in [0.29, 0.717) is 22.8 Å². The van der Waals surface area contributed by atoms with Crippen LogP contribution < -0.4 is 10.5 Å². The van der Waals surface area contributed by atoms with Crippen molar-refractivity contribution in [3.8, 4) is 11.6 Å². The molecule has 0 bridgehead atoms. The minimum Gasteiger partial charge on any atom is -0.439 e. The first-order valence-corrected chi connectivity index (χ1v) is 10.9. The van der Waals surface area contributed by atoms with Crippen LogP contribution in [0.4, 0.5) is 0 Å². The number of ether oxygens (including phenoxy) is 1. The molecule has 1 fully saturated rings. The maximum absolute atomic E-state index is 12.0. The number of hydrogen-bond donors (Lipinski definition) is 1. The van der Waals surface area contributed by atoms with Gasteiger partial charge in [0, 0.05) is 24.7 Å². The van der Waals surface area contributed by atoms with Gasteiger partial charge in [0.25, 0.3) is 0 Å². The molecule has 170 valence electrons. The van der Waals surface area contributed by atoms with E-state index in [-0.39, 0.29) is 11.7 Å². The van der Waals surface area contributed by atoms with Crippen LogP contribution in [0.1, 0.15) is 42.6 Å². The van der Waals surface area contributed by atoms with Crippen molar-refractivity contribution in [2.45, 2.75) is 33.1 Å². The maximum atomic E-state index is 12.0. The van der Waals surface area contributed by atoms with E-state index in [1.807, 2.05) is 31.2 Å². The van der Waals surface area contributed by atoms with Crippen molar-refractivity contribution in [3.63, 3.8) is 0 Å². The molecule has 6 heteroatoms. The second kappa shape index (κ2) is 12.6. The Labute approximate surface area is 190 Å². The predicted octanol–water partition coefficient (Wildman–Crippen LogP) is 4.56. The minimum absolute atomic E-state index is 0.144. The van der Waals surface area contributed by atoms with Gasteiger partial charge in [-0.1, -0.05) is 24.8 Å². The molecule has 0 spiro atoms. The number of primary amides is 1. The summed E-state index contributed by atoms with van der Waals surface area (Å²) in [5, 5.41) is 0. The zero-order chi connectivity index (χ0) is 23.5. The summed E-state index contributed by atoms with van der Waals surface area (Å²) >= 11 is 0. The highest BCUT2D eigenvalue weighted by molar-refractivity contribution is 5.96. The van der Waals surface area contributed by atoms with Crippen LogP contribution in [0, 0.1) is 5.92 Å².